The molecule has 1 amide bonds. The zero-order valence-electron chi connectivity index (χ0n) is 14.8. The first-order valence-electron chi connectivity index (χ1n) is 8.67. The number of hydrogen-bond acceptors (Lipinski definition) is 3. The van der Waals surface area contributed by atoms with E-state index in [-0.39, 0.29) is 10.5 Å². The molecule has 0 bridgehead atoms. The van der Waals surface area contributed by atoms with Gasteiger partial charge in [-0.1, -0.05) is 41.8 Å². The quantitative estimate of drug-likeness (QED) is 0.767. The maximum atomic E-state index is 12.9. The monoisotopic (exact) mass is 426 g/mol. The summed E-state index contributed by atoms with van der Waals surface area (Å²) in [4.78, 5) is 12.9. The lowest BCUT2D eigenvalue weighted by Crippen LogP contribution is -2.35. The summed E-state index contributed by atoms with van der Waals surface area (Å²) in [5.74, 6) is -0.460. The zero-order valence-corrected chi connectivity index (χ0v) is 17.2. The van der Waals surface area contributed by atoms with Gasteiger partial charge in [0.25, 0.3) is 5.91 Å². The second kappa shape index (κ2) is 8.19. The number of hydrogen-bond donors (Lipinski definition) is 1. The highest BCUT2D eigenvalue weighted by molar-refractivity contribution is 7.89. The smallest absolute Gasteiger partial charge is 0.256 e. The van der Waals surface area contributed by atoms with Crippen LogP contribution in [0.3, 0.4) is 0 Å². The number of rotatable bonds is 4. The molecule has 0 saturated carbocycles. The molecular formula is C19H20Cl2N2O3S. The van der Waals surface area contributed by atoms with Crippen LogP contribution in [-0.2, 0) is 10.0 Å². The summed E-state index contributed by atoms with van der Waals surface area (Å²) < 4.78 is 27.3. The molecule has 0 aromatic heterocycles. The molecule has 1 aliphatic rings. The Morgan fingerprint density at radius 2 is 1.67 bits per heavy atom. The minimum absolute atomic E-state index is 0.116. The summed E-state index contributed by atoms with van der Waals surface area (Å²) >= 11 is 12.2. The van der Waals surface area contributed by atoms with Crippen LogP contribution in [0, 0.1) is 6.92 Å². The third-order valence-electron chi connectivity index (χ3n) is 4.61. The standard InChI is InChI=1S/C19H20Cl2N2O3S/c1-13-8-9-14(27(25,26)23-10-3-2-4-11-23)12-15(13)19(24)22-18-16(20)6-5-7-17(18)21/h5-9,12H,2-4,10-11H2,1H3,(H,22,24). The molecule has 5 nitrogen and oxygen atoms in total. The maximum absolute atomic E-state index is 12.9. The summed E-state index contributed by atoms with van der Waals surface area (Å²) in [7, 11) is -3.62. The molecule has 0 unspecified atom stereocenters. The van der Waals surface area contributed by atoms with Gasteiger partial charge in [0.05, 0.1) is 20.6 Å². The Hall–Kier alpha value is -1.60. The molecule has 0 aliphatic carbocycles. The number of amides is 1. The van der Waals surface area contributed by atoms with E-state index < -0.39 is 15.9 Å². The lowest BCUT2D eigenvalue weighted by Gasteiger charge is -2.26. The number of benzene rings is 2. The number of aryl methyl sites for hydroxylation is 1. The Labute approximate surface area is 169 Å². The van der Waals surface area contributed by atoms with E-state index in [0.29, 0.717) is 34.4 Å². The number of nitrogens with one attached hydrogen (secondary N) is 1. The third-order valence-corrected chi connectivity index (χ3v) is 7.13. The fourth-order valence-corrected chi connectivity index (χ4v) is 5.09. The molecule has 1 fully saturated rings. The Bertz CT molecular complexity index is 951. The van der Waals surface area contributed by atoms with Gasteiger partial charge in [-0.05, 0) is 49.6 Å². The molecule has 2 aromatic carbocycles. The number of para-hydroxylation sites is 1. The second-order valence-corrected chi connectivity index (χ2v) is 9.24. The van der Waals surface area contributed by atoms with Crippen molar-refractivity contribution in [2.75, 3.05) is 18.4 Å². The highest BCUT2D eigenvalue weighted by Gasteiger charge is 2.27. The fraction of sp³-hybridized carbons (Fsp3) is 0.316. The van der Waals surface area contributed by atoms with E-state index in [1.165, 1.54) is 10.4 Å². The van der Waals surface area contributed by atoms with E-state index in [2.05, 4.69) is 5.32 Å². The number of carbonyl (C=O) groups excluding carboxylic acids is 1. The van der Waals surface area contributed by atoms with Crippen LogP contribution in [0.2, 0.25) is 10.0 Å². The van der Waals surface area contributed by atoms with Gasteiger partial charge in [-0.15, -0.1) is 0 Å². The summed E-state index contributed by atoms with van der Waals surface area (Å²) in [5.41, 5.74) is 1.23. The summed E-state index contributed by atoms with van der Waals surface area (Å²) in [5, 5.41) is 3.30. The molecule has 1 aliphatic heterocycles. The Balaban J connectivity index is 1.92. The van der Waals surface area contributed by atoms with Crippen LogP contribution in [0.25, 0.3) is 0 Å². The van der Waals surface area contributed by atoms with E-state index >= 15 is 0 Å². The van der Waals surface area contributed by atoms with E-state index in [0.717, 1.165) is 19.3 Å². The Morgan fingerprint density at radius 1 is 1.04 bits per heavy atom. The highest BCUT2D eigenvalue weighted by atomic mass is 35.5. The summed E-state index contributed by atoms with van der Waals surface area (Å²) in [6, 6.07) is 9.51. The predicted molar refractivity (Wildman–Crippen MR) is 108 cm³/mol. The van der Waals surface area contributed by atoms with Crippen molar-refractivity contribution in [1.29, 1.82) is 0 Å². The first-order valence-corrected chi connectivity index (χ1v) is 10.9. The number of piperidine rings is 1. The van der Waals surface area contributed by atoms with Gasteiger partial charge in [-0.25, -0.2) is 8.42 Å². The molecule has 3 rings (SSSR count). The van der Waals surface area contributed by atoms with Crippen LogP contribution in [0.15, 0.2) is 41.3 Å². The number of sulfonamides is 1. The topological polar surface area (TPSA) is 66.5 Å². The minimum Gasteiger partial charge on any atom is -0.319 e. The van der Waals surface area contributed by atoms with Gasteiger partial charge in [0.2, 0.25) is 10.0 Å². The van der Waals surface area contributed by atoms with Gasteiger partial charge < -0.3 is 5.32 Å². The third kappa shape index (κ3) is 4.29. The second-order valence-electron chi connectivity index (χ2n) is 6.49. The average Bonchev–Trinajstić information content (AvgIpc) is 2.65. The van der Waals surface area contributed by atoms with Crippen molar-refractivity contribution in [2.24, 2.45) is 0 Å². The van der Waals surface area contributed by atoms with Crippen LogP contribution in [0.4, 0.5) is 5.69 Å². The van der Waals surface area contributed by atoms with Gasteiger partial charge >= 0.3 is 0 Å². The first kappa shape index (κ1) is 20.1. The van der Waals surface area contributed by atoms with E-state index in [1.54, 1.807) is 37.3 Å². The fourth-order valence-electron chi connectivity index (χ4n) is 3.06. The lowest BCUT2D eigenvalue weighted by molar-refractivity contribution is 0.102. The number of anilines is 1. The van der Waals surface area contributed by atoms with Gasteiger partial charge in [0.15, 0.2) is 0 Å². The van der Waals surface area contributed by atoms with E-state index in [1.807, 2.05) is 0 Å². The molecule has 8 heteroatoms. The summed E-state index contributed by atoms with van der Waals surface area (Å²) in [6.07, 6.45) is 2.74. The maximum Gasteiger partial charge on any atom is 0.256 e. The molecule has 1 N–H and O–H groups in total. The highest BCUT2D eigenvalue weighted by Crippen LogP contribution is 2.31. The SMILES string of the molecule is Cc1ccc(S(=O)(=O)N2CCCCC2)cc1C(=O)Nc1c(Cl)cccc1Cl. The molecule has 2 aromatic rings. The van der Waals surface area contributed by atoms with E-state index in [9.17, 15) is 13.2 Å². The number of carbonyl (C=O) groups is 1. The van der Waals surface area contributed by atoms with Crippen molar-refractivity contribution < 1.29 is 13.2 Å². The van der Waals surface area contributed by atoms with Crippen LogP contribution < -0.4 is 5.32 Å². The van der Waals surface area contributed by atoms with Gasteiger partial charge in [-0.3, -0.25) is 4.79 Å². The van der Waals surface area contributed by atoms with Gasteiger partial charge in [-0.2, -0.15) is 4.31 Å². The van der Waals surface area contributed by atoms with Crippen molar-refractivity contribution >= 4 is 44.8 Å². The zero-order chi connectivity index (χ0) is 19.6. The first-order chi connectivity index (χ1) is 12.8. The lowest BCUT2D eigenvalue weighted by atomic mass is 10.1. The minimum atomic E-state index is -3.62. The molecule has 144 valence electrons. The molecule has 1 saturated heterocycles. The summed E-state index contributed by atoms with van der Waals surface area (Å²) in [6.45, 7) is 2.76. The molecule has 0 atom stereocenters. The van der Waals surface area contributed by atoms with Crippen molar-refractivity contribution in [3.8, 4) is 0 Å². The Kier molecular flexibility index (Phi) is 6.11. The van der Waals surface area contributed by atoms with Gasteiger partial charge in [0, 0.05) is 18.7 Å². The average molecular weight is 427 g/mol. The van der Waals surface area contributed by atoms with Gasteiger partial charge in [0.1, 0.15) is 0 Å². The van der Waals surface area contributed by atoms with Crippen molar-refractivity contribution in [3.63, 3.8) is 0 Å². The number of halogens is 2. The van der Waals surface area contributed by atoms with Crippen molar-refractivity contribution in [1.82, 2.24) is 4.31 Å². The van der Waals surface area contributed by atoms with Crippen LogP contribution in [-0.4, -0.2) is 31.7 Å². The van der Waals surface area contributed by atoms with Crippen LogP contribution >= 0.6 is 23.2 Å². The van der Waals surface area contributed by atoms with Crippen molar-refractivity contribution in [3.05, 3.63) is 57.6 Å². The molecule has 0 radical (unpaired) electrons. The number of nitrogens with zero attached hydrogens (tertiary/aromatic N) is 1. The Morgan fingerprint density at radius 3 is 2.30 bits per heavy atom. The van der Waals surface area contributed by atoms with Crippen LogP contribution in [0.5, 0.6) is 0 Å². The predicted octanol–water partition coefficient (Wildman–Crippen LogP) is 4.73. The molecule has 1 heterocycles. The van der Waals surface area contributed by atoms with Crippen LogP contribution in [0.1, 0.15) is 35.2 Å². The van der Waals surface area contributed by atoms with Crippen molar-refractivity contribution in [2.45, 2.75) is 31.1 Å². The molecular weight excluding hydrogens is 407 g/mol. The molecule has 0 spiro atoms. The largest absolute Gasteiger partial charge is 0.319 e. The normalized spacial score (nSPS) is 15.5. The molecule has 27 heavy (non-hydrogen) atoms. The van der Waals surface area contributed by atoms with E-state index in [4.69, 9.17) is 23.2 Å².